The van der Waals surface area contributed by atoms with Gasteiger partial charge in [0.25, 0.3) is 0 Å². The Morgan fingerprint density at radius 2 is 2.00 bits per heavy atom. The second-order valence-electron chi connectivity index (χ2n) is 2.64. The lowest BCUT2D eigenvalue weighted by molar-refractivity contribution is -0.137. The van der Waals surface area contributed by atoms with Crippen LogP contribution in [-0.4, -0.2) is 44.4 Å². The SMILES string of the molecule is C=CC(=O)OCCN(C)S(=O)(=O)C(F)(F)F. The standard InChI is InChI=1S/C7H10F3NO4S/c1-3-6(12)15-5-4-11(2)16(13,14)7(8,9)10/h3H,1,4-5H2,2H3. The number of nitrogens with zero attached hydrogens (tertiary/aromatic N) is 1. The normalized spacial score (nSPS) is 12.6. The van der Waals surface area contributed by atoms with E-state index in [0.717, 1.165) is 13.1 Å². The average molecular weight is 261 g/mol. The molecule has 16 heavy (non-hydrogen) atoms. The number of rotatable bonds is 5. The van der Waals surface area contributed by atoms with E-state index < -0.39 is 34.7 Å². The smallest absolute Gasteiger partial charge is 0.461 e. The van der Waals surface area contributed by atoms with Gasteiger partial charge in [-0.05, 0) is 0 Å². The van der Waals surface area contributed by atoms with E-state index >= 15 is 0 Å². The minimum Gasteiger partial charge on any atom is -0.461 e. The van der Waals surface area contributed by atoms with E-state index in [2.05, 4.69) is 11.3 Å². The van der Waals surface area contributed by atoms with Gasteiger partial charge in [-0.25, -0.2) is 13.2 Å². The highest BCUT2D eigenvalue weighted by Gasteiger charge is 2.48. The topological polar surface area (TPSA) is 63.7 Å². The van der Waals surface area contributed by atoms with E-state index in [9.17, 15) is 26.4 Å². The Kier molecular flexibility index (Phi) is 4.94. The lowest BCUT2D eigenvalue weighted by atomic mass is 10.6. The van der Waals surface area contributed by atoms with Gasteiger partial charge >= 0.3 is 21.5 Å². The molecular formula is C7H10F3NO4S. The maximum atomic E-state index is 12.0. The van der Waals surface area contributed by atoms with Crippen molar-refractivity contribution in [3.05, 3.63) is 12.7 Å². The molecule has 5 nitrogen and oxygen atoms in total. The molecule has 94 valence electrons. The molecule has 9 heteroatoms. The minimum atomic E-state index is -5.36. The van der Waals surface area contributed by atoms with Gasteiger partial charge in [-0.1, -0.05) is 6.58 Å². The van der Waals surface area contributed by atoms with E-state index in [4.69, 9.17) is 0 Å². The quantitative estimate of drug-likeness (QED) is 0.534. The highest BCUT2D eigenvalue weighted by atomic mass is 32.2. The summed E-state index contributed by atoms with van der Waals surface area (Å²) in [7, 11) is -4.62. The molecule has 0 saturated carbocycles. The maximum absolute atomic E-state index is 12.0. The molecule has 0 aliphatic rings. The van der Waals surface area contributed by atoms with Crippen LogP contribution in [0.5, 0.6) is 0 Å². The highest BCUT2D eigenvalue weighted by molar-refractivity contribution is 7.89. The Morgan fingerprint density at radius 1 is 1.50 bits per heavy atom. The summed E-state index contributed by atoms with van der Waals surface area (Å²) in [6, 6.07) is 0. The van der Waals surface area contributed by atoms with Gasteiger partial charge in [0.1, 0.15) is 6.61 Å². The van der Waals surface area contributed by atoms with Crippen molar-refractivity contribution in [2.45, 2.75) is 5.51 Å². The first-order chi connectivity index (χ1) is 7.13. The molecule has 0 aromatic rings. The maximum Gasteiger partial charge on any atom is 0.511 e. The van der Waals surface area contributed by atoms with Crippen LogP contribution in [0.1, 0.15) is 0 Å². The molecule has 0 N–H and O–H groups in total. The zero-order chi connectivity index (χ0) is 13.0. The van der Waals surface area contributed by atoms with E-state index in [1.807, 2.05) is 0 Å². The van der Waals surface area contributed by atoms with Gasteiger partial charge in [-0.15, -0.1) is 0 Å². The molecule has 0 bridgehead atoms. The first kappa shape index (κ1) is 14.9. The second-order valence-corrected chi connectivity index (χ2v) is 4.68. The number of alkyl halides is 3. The molecule has 0 atom stereocenters. The van der Waals surface area contributed by atoms with Crippen LogP contribution in [0.4, 0.5) is 13.2 Å². The van der Waals surface area contributed by atoms with Crippen LogP contribution < -0.4 is 0 Å². The summed E-state index contributed by atoms with van der Waals surface area (Å²) in [6.45, 7) is 2.00. The molecule has 0 rings (SSSR count). The lowest BCUT2D eigenvalue weighted by Gasteiger charge is -2.18. The van der Waals surface area contributed by atoms with Crippen LogP contribution in [0.2, 0.25) is 0 Å². The summed E-state index contributed by atoms with van der Waals surface area (Å²) in [5.74, 6) is -0.835. The van der Waals surface area contributed by atoms with Crippen LogP contribution in [-0.2, 0) is 19.6 Å². The summed E-state index contributed by atoms with van der Waals surface area (Å²) < 4.78 is 61.8. The highest BCUT2D eigenvalue weighted by Crippen LogP contribution is 2.25. The molecule has 0 heterocycles. The Hall–Kier alpha value is -1.09. The molecule has 0 radical (unpaired) electrons. The van der Waals surface area contributed by atoms with Gasteiger partial charge in [0, 0.05) is 19.7 Å². The number of sulfonamides is 1. The van der Waals surface area contributed by atoms with Crippen LogP contribution in [0.25, 0.3) is 0 Å². The Labute approximate surface area is 90.5 Å². The minimum absolute atomic E-state index is 0.0589. The Bertz CT molecular complexity index is 362. The van der Waals surface area contributed by atoms with Gasteiger partial charge in [0.15, 0.2) is 0 Å². The number of carbonyl (C=O) groups excluding carboxylic acids is 1. The largest absolute Gasteiger partial charge is 0.511 e. The van der Waals surface area contributed by atoms with E-state index in [1.165, 1.54) is 0 Å². The Morgan fingerprint density at radius 3 is 2.38 bits per heavy atom. The fourth-order valence-electron chi connectivity index (χ4n) is 0.631. The number of likely N-dealkylation sites (N-methyl/N-ethyl adjacent to an activating group) is 1. The summed E-state index contributed by atoms with van der Waals surface area (Å²) in [4.78, 5) is 10.5. The zero-order valence-electron chi connectivity index (χ0n) is 8.32. The molecule has 0 aromatic heterocycles. The predicted octanol–water partition coefficient (Wildman–Crippen LogP) is 0.497. The van der Waals surface area contributed by atoms with Gasteiger partial charge < -0.3 is 4.74 Å². The van der Waals surface area contributed by atoms with Crippen LogP contribution in [0.3, 0.4) is 0 Å². The molecule has 0 amide bonds. The van der Waals surface area contributed by atoms with Crippen LogP contribution in [0, 0.1) is 0 Å². The fraction of sp³-hybridized carbons (Fsp3) is 0.571. The number of carbonyl (C=O) groups is 1. The molecule has 0 unspecified atom stereocenters. The first-order valence-electron chi connectivity index (χ1n) is 3.94. The fourth-order valence-corrected chi connectivity index (χ4v) is 1.30. The molecular weight excluding hydrogens is 251 g/mol. The third-order valence-electron chi connectivity index (χ3n) is 1.52. The summed E-state index contributed by atoms with van der Waals surface area (Å²) in [5, 5.41) is 0. The van der Waals surface area contributed by atoms with Crippen LogP contribution >= 0.6 is 0 Å². The number of hydrogen-bond donors (Lipinski definition) is 0. The third kappa shape index (κ3) is 3.81. The number of halogens is 3. The van der Waals surface area contributed by atoms with E-state index in [0.29, 0.717) is 0 Å². The van der Waals surface area contributed by atoms with Crippen molar-refractivity contribution in [2.24, 2.45) is 0 Å². The van der Waals surface area contributed by atoms with Gasteiger partial charge in [0.05, 0.1) is 0 Å². The Balaban J connectivity index is 4.33. The molecule has 0 fully saturated rings. The van der Waals surface area contributed by atoms with Crippen molar-refractivity contribution in [1.82, 2.24) is 4.31 Å². The number of ether oxygens (including phenoxy) is 1. The first-order valence-corrected chi connectivity index (χ1v) is 5.38. The molecule has 0 aliphatic carbocycles. The molecule has 0 aromatic carbocycles. The third-order valence-corrected chi connectivity index (χ3v) is 3.11. The molecule has 0 saturated heterocycles. The monoisotopic (exact) mass is 261 g/mol. The second kappa shape index (κ2) is 5.30. The van der Waals surface area contributed by atoms with E-state index in [-0.39, 0.29) is 4.31 Å². The summed E-state index contributed by atoms with van der Waals surface area (Å²) in [6.07, 6.45) is 0.818. The van der Waals surface area contributed by atoms with Crippen molar-refractivity contribution >= 4 is 16.0 Å². The summed E-state index contributed by atoms with van der Waals surface area (Å²) >= 11 is 0. The number of esters is 1. The molecule has 0 aliphatic heterocycles. The van der Waals surface area contributed by atoms with Crippen molar-refractivity contribution in [1.29, 1.82) is 0 Å². The summed E-state index contributed by atoms with van der Waals surface area (Å²) in [5.41, 5.74) is -5.36. The average Bonchev–Trinajstić information content (AvgIpc) is 2.15. The lowest BCUT2D eigenvalue weighted by Crippen LogP contribution is -2.39. The van der Waals surface area contributed by atoms with E-state index in [1.54, 1.807) is 0 Å². The van der Waals surface area contributed by atoms with Crippen molar-refractivity contribution in [3.63, 3.8) is 0 Å². The van der Waals surface area contributed by atoms with Crippen LogP contribution in [0.15, 0.2) is 12.7 Å². The van der Waals surface area contributed by atoms with Gasteiger partial charge in [0.2, 0.25) is 0 Å². The number of hydrogen-bond acceptors (Lipinski definition) is 4. The zero-order valence-corrected chi connectivity index (χ0v) is 9.14. The van der Waals surface area contributed by atoms with Crippen molar-refractivity contribution < 1.29 is 31.1 Å². The molecule has 0 spiro atoms. The van der Waals surface area contributed by atoms with Crippen molar-refractivity contribution in [2.75, 3.05) is 20.2 Å². The van der Waals surface area contributed by atoms with Gasteiger partial charge in [-0.2, -0.15) is 17.5 Å². The predicted molar refractivity (Wildman–Crippen MR) is 48.8 cm³/mol. The van der Waals surface area contributed by atoms with Crippen molar-refractivity contribution in [3.8, 4) is 0 Å². The van der Waals surface area contributed by atoms with Gasteiger partial charge in [-0.3, -0.25) is 0 Å².